The molecule has 25 heavy (non-hydrogen) atoms. The van der Waals surface area contributed by atoms with Crippen LogP contribution in [0.2, 0.25) is 0 Å². The Kier molecular flexibility index (Phi) is 10.3. The Labute approximate surface area is 156 Å². The first-order valence-corrected chi connectivity index (χ1v) is 9.01. The molecule has 7 nitrogen and oxygen atoms in total. The van der Waals surface area contributed by atoms with E-state index >= 15 is 0 Å². The molecule has 0 spiro atoms. The highest BCUT2D eigenvalue weighted by atomic mass is 35.5. The summed E-state index contributed by atoms with van der Waals surface area (Å²) in [4.78, 5) is 27.1. The van der Waals surface area contributed by atoms with Crippen LogP contribution in [0.1, 0.15) is 32.1 Å². The van der Waals surface area contributed by atoms with E-state index in [9.17, 15) is 9.59 Å². The van der Waals surface area contributed by atoms with Gasteiger partial charge in [0.05, 0.1) is 25.2 Å². The number of amides is 2. The molecule has 1 aliphatic carbocycles. The van der Waals surface area contributed by atoms with Gasteiger partial charge in [-0.25, -0.2) is 0 Å². The molecule has 1 saturated carbocycles. The molecule has 0 bridgehead atoms. The topological polar surface area (TPSA) is 79.9 Å². The fourth-order valence-corrected chi connectivity index (χ4v) is 3.50. The number of carbonyl (C=O) groups excluding carboxylic acids is 2. The van der Waals surface area contributed by atoms with E-state index in [1.807, 2.05) is 4.90 Å². The summed E-state index contributed by atoms with van der Waals surface area (Å²) < 4.78 is 10.3. The van der Waals surface area contributed by atoms with Gasteiger partial charge in [0.1, 0.15) is 0 Å². The van der Waals surface area contributed by atoms with Crippen molar-refractivity contribution in [3.63, 3.8) is 0 Å². The lowest BCUT2D eigenvalue weighted by Gasteiger charge is -2.32. The number of methoxy groups -OCH3 is 1. The molecule has 0 radical (unpaired) electrons. The molecule has 146 valence electrons. The van der Waals surface area contributed by atoms with Crippen LogP contribution in [0.3, 0.4) is 0 Å². The molecule has 8 heteroatoms. The first-order chi connectivity index (χ1) is 11.7. The Morgan fingerprint density at radius 1 is 1.12 bits per heavy atom. The summed E-state index contributed by atoms with van der Waals surface area (Å²) in [5.74, 6) is 0.128. The van der Waals surface area contributed by atoms with Crippen molar-refractivity contribution in [3.05, 3.63) is 0 Å². The third kappa shape index (κ3) is 6.73. The number of hydrogen-bond donors (Lipinski definition) is 2. The van der Waals surface area contributed by atoms with E-state index in [1.54, 1.807) is 7.11 Å². The molecule has 2 amide bonds. The molecule has 2 fully saturated rings. The summed E-state index contributed by atoms with van der Waals surface area (Å²) in [6.07, 6.45) is 4.00. The van der Waals surface area contributed by atoms with Crippen molar-refractivity contribution < 1.29 is 19.1 Å². The number of ether oxygens (including phenoxy) is 2. The number of nitrogens with one attached hydrogen (secondary N) is 2. The van der Waals surface area contributed by atoms with Crippen LogP contribution in [0.25, 0.3) is 0 Å². The summed E-state index contributed by atoms with van der Waals surface area (Å²) >= 11 is 0. The van der Waals surface area contributed by atoms with Crippen molar-refractivity contribution in [3.8, 4) is 0 Å². The standard InChI is InChI=1S/C17H31N3O4.ClH/c1-23-11-8-18-6-7-19-16(22)17(4-2-3-5-17)14-15(21)20-9-12-24-13-10-20;/h18H,2-14H2,1H3,(H,19,22);1H. The predicted octanol–water partition coefficient (Wildman–Crippen LogP) is 0.570. The lowest BCUT2D eigenvalue weighted by molar-refractivity contribution is -0.143. The molecule has 1 heterocycles. The van der Waals surface area contributed by atoms with Gasteiger partial charge in [0.2, 0.25) is 11.8 Å². The summed E-state index contributed by atoms with van der Waals surface area (Å²) in [6, 6.07) is 0. The predicted molar refractivity (Wildman–Crippen MR) is 97.9 cm³/mol. The number of hydrogen-bond acceptors (Lipinski definition) is 5. The average molecular weight is 378 g/mol. The fourth-order valence-electron chi connectivity index (χ4n) is 3.50. The smallest absolute Gasteiger partial charge is 0.226 e. The van der Waals surface area contributed by atoms with Crippen molar-refractivity contribution in [1.29, 1.82) is 0 Å². The van der Waals surface area contributed by atoms with Crippen LogP contribution >= 0.6 is 12.4 Å². The van der Waals surface area contributed by atoms with Crippen LogP contribution in [0.15, 0.2) is 0 Å². The second-order valence-electron chi connectivity index (χ2n) is 6.66. The monoisotopic (exact) mass is 377 g/mol. The van der Waals surface area contributed by atoms with E-state index in [2.05, 4.69) is 10.6 Å². The summed E-state index contributed by atoms with van der Waals surface area (Å²) in [5.41, 5.74) is -0.512. The molecular formula is C17H32ClN3O4. The third-order valence-corrected chi connectivity index (χ3v) is 4.97. The van der Waals surface area contributed by atoms with E-state index in [0.29, 0.717) is 52.4 Å². The van der Waals surface area contributed by atoms with Crippen LogP contribution < -0.4 is 10.6 Å². The zero-order valence-corrected chi connectivity index (χ0v) is 16.0. The quantitative estimate of drug-likeness (QED) is 0.574. The lowest BCUT2D eigenvalue weighted by Crippen LogP contribution is -2.47. The molecular weight excluding hydrogens is 346 g/mol. The molecule has 0 aromatic heterocycles. The van der Waals surface area contributed by atoms with Crippen LogP contribution in [0.4, 0.5) is 0 Å². The van der Waals surface area contributed by atoms with Crippen LogP contribution in [-0.2, 0) is 19.1 Å². The molecule has 2 aliphatic rings. The van der Waals surface area contributed by atoms with E-state index < -0.39 is 5.41 Å². The SMILES string of the molecule is COCCNCCNC(=O)C1(CC(=O)N2CCOCC2)CCCC1.Cl. The van der Waals surface area contributed by atoms with Crippen molar-refractivity contribution in [2.24, 2.45) is 5.41 Å². The van der Waals surface area contributed by atoms with Gasteiger partial charge in [0.15, 0.2) is 0 Å². The van der Waals surface area contributed by atoms with Crippen LogP contribution in [0, 0.1) is 5.41 Å². The normalized spacial score (nSPS) is 19.3. The largest absolute Gasteiger partial charge is 0.383 e. The van der Waals surface area contributed by atoms with Gasteiger partial charge in [0, 0.05) is 46.3 Å². The molecule has 0 atom stereocenters. The lowest BCUT2D eigenvalue weighted by atomic mass is 9.81. The highest BCUT2D eigenvalue weighted by molar-refractivity contribution is 5.89. The molecule has 2 N–H and O–H groups in total. The molecule has 2 rings (SSSR count). The van der Waals surface area contributed by atoms with Crippen LogP contribution in [-0.4, -0.2) is 76.4 Å². The summed E-state index contributed by atoms with van der Waals surface area (Å²) in [5, 5.41) is 6.22. The number of rotatable bonds is 9. The number of halogens is 1. The average Bonchev–Trinajstić information content (AvgIpc) is 3.08. The van der Waals surface area contributed by atoms with Gasteiger partial charge < -0.3 is 25.0 Å². The Balaban J connectivity index is 0.00000312. The van der Waals surface area contributed by atoms with Crippen LogP contribution in [0.5, 0.6) is 0 Å². The Hall–Kier alpha value is -0.890. The molecule has 0 unspecified atom stereocenters. The molecule has 1 saturated heterocycles. The Morgan fingerprint density at radius 2 is 1.80 bits per heavy atom. The number of morpholine rings is 1. The molecule has 1 aliphatic heterocycles. The van der Waals surface area contributed by atoms with E-state index in [1.165, 1.54) is 0 Å². The van der Waals surface area contributed by atoms with E-state index in [-0.39, 0.29) is 24.2 Å². The minimum atomic E-state index is -0.512. The fraction of sp³-hybridized carbons (Fsp3) is 0.882. The highest BCUT2D eigenvalue weighted by Crippen LogP contribution is 2.41. The Bertz CT molecular complexity index is 411. The van der Waals surface area contributed by atoms with Gasteiger partial charge in [-0.05, 0) is 12.8 Å². The van der Waals surface area contributed by atoms with E-state index in [4.69, 9.17) is 9.47 Å². The maximum absolute atomic E-state index is 12.7. The first kappa shape index (κ1) is 22.2. The van der Waals surface area contributed by atoms with E-state index in [0.717, 1.165) is 32.2 Å². The summed E-state index contributed by atoms with van der Waals surface area (Å²) in [6.45, 7) is 5.19. The first-order valence-electron chi connectivity index (χ1n) is 9.01. The van der Waals surface area contributed by atoms with Crippen molar-refractivity contribution in [2.45, 2.75) is 32.1 Å². The van der Waals surface area contributed by atoms with Gasteiger partial charge >= 0.3 is 0 Å². The molecule has 0 aromatic rings. The zero-order valence-electron chi connectivity index (χ0n) is 15.2. The highest BCUT2D eigenvalue weighted by Gasteiger charge is 2.43. The minimum absolute atomic E-state index is 0. The molecule has 0 aromatic carbocycles. The van der Waals surface area contributed by atoms with Gasteiger partial charge in [-0.2, -0.15) is 0 Å². The Morgan fingerprint density at radius 3 is 2.44 bits per heavy atom. The van der Waals surface area contributed by atoms with Gasteiger partial charge in [-0.3, -0.25) is 9.59 Å². The van der Waals surface area contributed by atoms with Gasteiger partial charge in [-0.15, -0.1) is 12.4 Å². The van der Waals surface area contributed by atoms with Gasteiger partial charge in [-0.1, -0.05) is 12.8 Å². The third-order valence-electron chi connectivity index (χ3n) is 4.97. The van der Waals surface area contributed by atoms with Crippen molar-refractivity contribution in [1.82, 2.24) is 15.5 Å². The minimum Gasteiger partial charge on any atom is -0.383 e. The maximum Gasteiger partial charge on any atom is 0.226 e. The number of carbonyl (C=O) groups is 2. The van der Waals surface area contributed by atoms with Crippen molar-refractivity contribution in [2.75, 3.05) is 59.7 Å². The summed E-state index contributed by atoms with van der Waals surface area (Å²) in [7, 11) is 1.67. The second-order valence-corrected chi connectivity index (χ2v) is 6.66. The zero-order chi connectivity index (χ0) is 17.3. The van der Waals surface area contributed by atoms with Gasteiger partial charge in [0.25, 0.3) is 0 Å². The second kappa shape index (κ2) is 11.7. The number of nitrogens with zero attached hydrogens (tertiary/aromatic N) is 1. The van der Waals surface area contributed by atoms with Crippen molar-refractivity contribution >= 4 is 24.2 Å². The maximum atomic E-state index is 12.7.